The van der Waals surface area contributed by atoms with Crippen molar-refractivity contribution in [3.8, 4) is 11.8 Å². The molecule has 6 heteroatoms. The molecule has 1 aromatic rings. The second-order valence-electron chi connectivity index (χ2n) is 4.51. The van der Waals surface area contributed by atoms with Crippen LogP contribution in [0.2, 0.25) is 0 Å². The fourth-order valence-corrected chi connectivity index (χ4v) is 1.61. The summed E-state index contributed by atoms with van der Waals surface area (Å²) in [6, 6.07) is 8.79. The number of hydrogen-bond acceptors (Lipinski definition) is 3. The van der Waals surface area contributed by atoms with Gasteiger partial charge in [-0.2, -0.15) is 18.4 Å². The smallest absolute Gasteiger partial charge is 0.390 e. The van der Waals surface area contributed by atoms with Crippen LogP contribution in [0.25, 0.3) is 0 Å². The lowest BCUT2D eigenvalue weighted by Gasteiger charge is -2.17. The molecule has 0 saturated carbocycles. The van der Waals surface area contributed by atoms with Gasteiger partial charge in [-0.25, -0.2) is 0 Å². The van der Waals surface area contributed by atoms with Crippen LogP contribution >= 0.6 is 0 Å². The largest absolute Gasteiger partial charge is 0.494 e. The number of alkyl halides is 3. The molecule has 0 amide bonds. The second-order valence-corrected chi connectivity index (χ2v) is 4.51. The van der Waals surface area contributed by atoms with Crippen LogP contribution < -0.4 is 4.74 Å². The standard InChI is InChI=1S/C14H17F3N2O/c1-19(8-6-14(15,16)17)7-3-9-20-13-5-2-4-12(10-13)11-18/h2,4-5,10H,3,6-9H2,1H3. The van der Waals surface area contributed by atoms with E-state index in [-0.39, 0.29) is 6.54 Å². The van der Waals surface area contributed by atoms with Crippen LogP contribution in [0.15, 0.2) is 24.3 Å². The van der Waals surface area contributed by atoms with Crippen molar-refractivity contribution in [2.45, 2.75) is 19.0 Å². The van der Waals surface area contributed by atoms with Gasteiger partial charge in [0.2, 0.25) is 0 Å². The Labute approximate surface area is 116 Å². The molecule has 0 radical (unpaired) electrons. The fourth-order valence-electron chi connectivity index (χ4n) is 1.61. The summed E-state index contributed by atoms with van der Waals surface area (Å²) in [7, 11) is 1.65. The number of rotatable bonds is 7. The molecule has 0 fully saturated rings. The molecule has 110 valence electrons. The van der Waals surface area contributed by atoms with Crippen molar-refractivity contribution >= 4 is 0 Å². The summed E-state index contributed by atoms with van der Waals surface area (Å²) in [5.74, 6) is 0.599. The van der Waals surface area contributed by atoms with Gasteiger partial charge in [0.1, 0.15) is 5.75 Å². The van der Waals surface area contributed by atoms with E-state index < -0.39 is 12.6 Å². The molecule has 0 heterocycles. The Morgan fingerprint density at radius 3 is 2.70 bits per heavy atom. The number of ether oxygens (including phenoxy) is 1. The highest BCUT2D eigenvalue weighted by Gasteiger charge is 2.26. The van der Waals surface area contributed by atoms with E-state index in [1.807, 2.05) is 6.07 Å². The second kappa shape index (κ2) is 7.75. The van der Waals surface area contributed by atoms with E-state index in [1.165, 1.54) is 0 Å². The number of hydrogen-bond donors (Lipinski definition) is 0. The summed E-state index contributed by atoms with van der Waals surface area (Å²) in [5, 5.41) is 8.73. The third-order valence-electron chi connectivity index (χ3n) is 2.69. The van der Waals surface area contributed by atoms with Gasteiger partial charge < -0.3 is 9.64 Å². The lowest BCUT2D eigenvalue weighted by atomic mass is 10.2. The van der Waals surface area contributed by atoms with Crippen LogP contribution in [0.3, 0.4) is 0 Å². The normalized spacial score (nSPS) is 11.4. The first-order valence-corrected chi connectivity index (χ1v) is 6.29. The first-order valence-electron chi connectivity index (χ1n) is 6.29. The van der Waals surface area contributed by atoms with Gasteiger partial charge in [0, 0.05) is 13.1 Å². The number of nitriles is 1. The summed E-state index contributed by atoms with van der Waals surface area (Å²) in [6.45, 7) is 0.937. The van der Waals surface area contributed by atoms with Crippen molar-refractivity contribution < 1.29 is 17.9 Å². The highest BCUT2D eigenvalue weighted by Crippen LogP contribution is 2.19. The number of nitrogens with zero attached hydrogens (tertiary/aromatic N) is 2. The van der Waals surface area contributed by atoms with Crippen LogP contribution in [-0.2, 0) is 0 Å². The molecular formula is C14H17F3N2O. The van der Waals surface area contributed by atoms with Gasteiger partial charge in [-0.3, -0.25) is 0 Å². The van der Waals surface area contributed by atoms with Gasteiger partial charge in [-0.1, -0.05) is 6.07 Å². The number of halogens is 3. The van der Waals surface area contributed by atoms with Crippen LogP contribution in [0.5, 0.6) is 5.75 Å². The minimum absolute atomic E-state index is 0.00653. The van der Waals surface area contributed by atoms with Crippen LogP contribution in [-0.4, -0.2) is 37.8 Å². The van der Waals surface area contributed by atoms with E-state index in [0.29, 0.717) is 30.9 Å². The summed E-state index contributed by atoms with van der Waals surface area (Å²) in [4.78, 5) is 1.63. The summed E-state index contributed by atoms with van der Waals surface area (Å²) >= 11 is 0. The fraction of sp³-hybridized carbons (Fsp3) is 0.500. The topological polar surface area (TPSA) is 36.3 Å². The monoisotopic (exact) mass is 286 g/mol. The molecule has 0 unspecified atom stereocenters. The van der Waals surface area contributed by atoms with Crippen molar-refractivity contribution in [1.82, 2.24) is 4.90 Å². The molecule has 0 atom stereocenters. The minimum atomic E-state index is -4.11. The molecule has 0 aliphatic heterocycles. The zero-order valence-corrected chi connectivity index (χ0v) is 11.3. The summed E-state index contributed by atoms with van der Waals surface area (Å²) in [6.07, 6.45) is -4.28. The number of benzene rings is 1. The predicted octanol–water partition coefficient (Wildman–Crippen LogP) is 3.21. The highest BCUT2D eigenvalue weighted by atomic mass is 19.4. The predicted molar refractivity (Wildman–Crippen MR) is 69.4 cm³/mol. The quantitative estimate of drug-likeness (QED) is 0.722. The molecule has 3 nitrogen and oxygen atoms in total. The van der Waals surface area contributed by atoms with Crippen LogP contribution in [0.4, 0.5) is 13.2 Å². The Hall–Kier alpha value is -1.74. The van der Waals surface area contributed by atoms with E-state index in [2.05, 4.69) is 0 Å². The Morgan fingerprint density at radius 1 is 1.30 bits per heavy atom. The van der Waals surface area contributed by atoms with Gasteiger partial charge in [0.15, 0.2) is 0 Å². The first kappa shape index (κ1) is 16.3. The van der Waals surface area contributed by atoms with E-state index in [1.54, 1.807) is 36.2 Å². The molecule has 0 aliphatic carbocycles. The molecule has 0 aliphatic rings. The average Bonchev–Trinajstić information content (AvgIpc) is 2.41. The molecule has 0 aromatic heterocycles. The molecule has 0 spiro atoms. The zero-order chi connectivity index (χ0) is 15.0. The van der Waals surface area contributed by atoms with E-state index in [0.717, 1.165) is 0 Å². The Balaban J connectivity index is 2.20. The average molecular weight is 286 g/mol. The summed E-state index contributed by atoms with van der Waals surface area (Å²) < 4.78 is 41.5. The third-order valence-corrected chi connectivity index (χ3v) is 2.69. The lowest BCUT2D eigenvalue weighted by molar-refractivity contribution is -0.137. The van der Waals surface area contributed by atoms with Gasteiger partial charge in [0.25, 0.3) is 0 Å². The lowest BCUT2D eigenvalue weighted by Crippen LogP contribution is -2.26. The van der Waals surface area contributed by atoms with E-state index >= 15 is 0 Å². The van der Waals surface area contributed by atoms with Crippen molar-refractivity contribution in [1.29, 1.82) is 5.26 Å². The highest BCUT2D eigenvalue weighted by molar-refractivity contribution is 5.36. The first-order chi connectivity index (χ1) is 9.40. The Morgan fingerprint density at radius 2 is 2.05 bits per heavy atom. The van der Waals surface area contributed by atoms with Gasteiger partial charge in [-0.15, -0.1) is 0 Å². The van der Waals surface area contributed by atoms with Crippen molar-refractivity contribution in [3.05, 3.63) is 29.8 Å². The molecule has 1 aromatic carbocycles. The maximum atomic E-state index is 12.0. The van der Waals surface area contributed by atoms with E-state index in [4.69, 9.17) is 10.00 Å². The van der Waals surface area contributed by atoms with E-state index in [9.17, 15) is 13.2 Å². The van der Waals surface area contributed by atoms with Gasteiger partial charge in [0.05, 0.1) is 24.7 Å². The van der Waals surface area contributed by atoms with Crippen LogP contribution in [0.1, 0.15) is 18.4 Å². The van der Waals surface area contributed by atoms with Gasteiger partial charge in [-0.05, 0) is 31.7 Å². The Kier molecular flexibility index (Phi) is 6.32. The van der Waals surface area contributed by atoms with Crippen molar-refractivity contribution in [3.63, 3.8) is 0 Å². The molecule has 0 saturated heterocycles. The molecule has 20 heavy (non-hydrogen) atoms. The molecule has 1 rings (SSSR count). The molecule has 0 bridgehead atoms. The van der Waals surface area contributed by atoms with Gasteiger partial charge >= 0.3 is 6.18 Å². The Bertz CT molecular complexity index is 454. The van der Waals surface area contributed by atoms with Crippen molar-refractivity contribution in [2.75, 3.05) is 26.7 Å². The SMILES string of the molecule is CN(CCCOc1cccc(C#N)c1)CCC(F)(F)F. The van der Waals surface area contributed by atoms with Crippen LogP contribution in [0, 0.1) is 11.3 Å². The summed E-state index contributed by atoms with van der Waals surface area (Å²) in [5.41, 5.74) is 0.518. The third kappa shape index (κ3) is 7.00. The molecule has 0 N–H and O–H groups in total. The minimum Gasteiger partial charge on any atom is -0.494 e. The maximum Gasteiger partial charge on any atom is 0.390 e. The maximum absolute atomic E-state index is 12.0. The van der Waals surface area contributed by atoms with Crippen molar-refractivity contribution in [2.24, 2.45) is 0 Å². The molecular weight excluding hydrogens is 269 g/mol. The zero-order valence-electron chi connectivity index (χ0n) is 11.3.